The molecular weight excluding hydrogens is 406 g/mol. The van der Waals surface area contributed by atoms with Gasteiger partial charge in [0.05, 0.1) is 5.52 Å². The van der Waals surface area contributed by atoms with E-state index in [2.05, 4.69) is 32.2 Å². The zero-order valence-electron chi connectivity index (χ0n) is 18.8. The van der Waals surface area contributed by atoms with Gasteiger partial charge < -0.3 is 15.1 Å². The van der Waals surface area contributed by atoms with E-state index < -0.39 is 0 Å². The third kappa shape index (κ3) is 5.22. The number of hydrogen-bond acceptors (Lipinski definition) is 6. The van der Waals surface area contributed by atoms with Crippen molar-refractivity contribution < 1.29 is 9.59 Å². The zero-order valence-corrected chi connectivity index (χ0v) is 18.8. The molecule has 1 fully saturated rings. The fourth-order valence-corrected chi connectivity index (χ4v) is 3.54. The third-order valence-corrected chi connectivity index (χ3v) is 5.48. The summed E-state index contributed by atoms with van der Waals surface area (Å²) in [6.45, 7) is 4.19. The van der Waals surface area contributed by atoms with E-state index in [-0.39, 0.29) is 18.4 Å². The molecule has 0 radical (unpaired) electrons. The number of likely N-dealkylation sites (N-methyl/N-ethyl adjacent to an activating group) is 1. The first-order valence-electron chi connectivity index (χ1n) is 11.0. The number of carbonyl (C=O) groups excluding carboxylic acids is 2. The molecule has 0 bridgehead atoms. The number of aromatic nitrogens is 4. The van der Waals surface area contributed by atoms with E-state index in [4.69, 9.17) is 0 Å². The lowest BCUT2D eigenvalue weighted by molar-refractivity contribution is -0.129. The number of hydrogen-bond donors (Lipinski definition) is 1. The molecule has 2 heterocycles. The van der Waals surface area contributed by atoms with Crippen molar-refractivity contribution in [2.45, 2.75) is 32.7 Å². The monoisotopic (exact) mass is 435 g/mol. The first-order chi connectivity index (χ1) is 15.4. The van der Waals surface area contributed by atoms with Crippen molar-refractivity contribution in [3.05, 3.63) is 42.5 Å². The Labute approximate surface area is 187 Å². The highest BCUT2D eigenvalue weighted by atomic mass is 16.2. The Morgan fingerprint density at radius 2 is 2.00 bits per heavy atom. The number of fused-ring (bicyclic) bond motifs is 1. The van der Waals surface area contributed by atoms with Crippen LogP contribution in [0.1, 0.15) is 36.7 Å². The second kappa shape index (κ2) is 9.33. The second-order valence-corrected chi connectivity index (χ2v) is 8.49. The maximum absolute atomic E-state index is 12.9. The number of anilines is 2. The van der Waals surface area contributed by atoms with Gasteiger partial charge in [0, 0.05) is 50.5 Å². The van der Waals surface area contributed by atoms with Gasteiger partial charge in [-0.2, -0.15) is 5.10 Å². The Kier molecular flexibility index (Phi) is 6.34. The van der Waals surface area contributed by atoms with Crippen LogP contribution in [0.15, 0.2) is 36.8 Å². The van der Waals surface area contributed by atoms with Gasteiger partial charge in [-0.25, -0.2) is 9.97 Å². The SMILES string of the molecule is CCCN(CC1CC1)c1cc(C(=O)Nc2ccc3nn(CC(=O)N(C)C)cc3c2)ncn1. The molecule has 0 saturated heterocycles. The molecule has 32 heavy (non-hydrogen) atoms. The number of amides is 2. The average Bonchev–Trinajstić information content (AvgIpc) is 3.50. The summed E-state index contributed by atoms with van der Waals surface area (Å²) in [5, 5.41) is 8.17. The first-order valence-corrected chi connectivity index (χ1v) is 11.0. The van der Waals surface area contributed by atoms with Crippen LogP contribution < -0.4 is 10.2 Å². The Balaban J connectivity index is 1.47. The fourth-order valence-electron chi connectivity index (χ4n) is 3.54. The molecule has 2 amide bonds. The normalized spacial score (nSPS) is 13.2. The van der Waals surface area contributed by atoms with Gasteiger partial charge in [-0.3, -0.25) is 14.3 Å². The van der Waals surface area contributed by atoms with Crippen molar-refractivity contribution in [2.24, 2.45) is 5.92 Å². The molecule has 0 aliphatic heterocycles. The van der Waals surface area contributed by atoms with Gasteiger partial charge >= 0.3 is 0 Å². The van der Waals surface area contributed by atoms with Crippen LogP contribution in [0.25, 0.3) is 10.9 Å². The lowest BCUT2D eigenvalue weighted by atomic mass is 10.2. The van der Waals surface area contributed by atoms with E-state index >= 15 is 0 Å². The zero-order chi connectivity index (χ0) is 22.7. The van der Waals surface area contributed by atoms with E-state index in [1.54, 1.807) is 37.1 Å². The summed E-state index contributed by atoms with van der Waals surface area (Å²) >= 11 is 0. The molecule has 1 N–H and O–H groups in total. The topological polar surface area (TPSA) is 96.2 Å². The van der Waals surface area contributed by atoms with Crippen molar-refractivity contribution in [3.8, 4) is 0 Å². The molecule has 0 spiro atoms. The molecule has 1 aromatic carbocycles. The predicted octanol–water partition coefficient (Wildman–Crippen LogP) is 2.79. The van der Waals surface area contributed by atoms with Gasteiger partial charge in [-0.15, -0.1) is 0 Å². The molecule has 4 rings (SSSR count). The van der Waals surface area contributed by atoms with Crippen LogP contribution in [0.4, 0.5) is 11.5 Å². The fraction of sp³-hybridized carbons (Fsp3) is 0.435. The van der Waals surface area contributed by atoms with Gasteiger partial charge in [0.25, 0.3) is 5.91 Å². The summed E-state index contributed by atoms with van der Waals surface area (Å²) in [5.74, 6) is 1.20. The molecule has 9 nitrogen and oxygen atoms in total. The van der Waals surface area contributed by atoms with Crippen LogP contribution in [-0.2, 0) is 11.3 Å². The van der Waals surface area contributed by atoms with Crippen LogP contribution >= 0.6 is 0 Å². The highest BCUT2D eigenvalue weighted by Crippen LogP contribution is 2.31. The number of benzene rings is 1. The van der Waals surface area contributed by atoms with Gasteiger partial charge in [0.2, 0.25) is 5.91 Å². The van der Waals surface area contributed by atoms with Crippen molar-refractivity contribution >= 4 is 34.2 Å². The van der Waals surface area contributed by atoms with Crippen molar-refractivity contribution in [3.63, 3.8) is 0 Å². The Bertz CT molecular complexity index is 1120. The molecule has 0 atom stereocenters. The maximum Gasteiger partial charge on any atom is 0.274 e. The predicted molar refractivity (Wildman–Crippen MR) is 124 cm³/mol. The Hall–Kier alpha value is -3.49. The maximum atomic E-state index is 12.9. The van der Waals surface area contributed by atoms with E-state index in [1.165, 1.54) is 24.1 Å². The minimum absolute atomic E-state index is 0.0373. The first kappa shape index (κ1) is 21.7. The molecule has 1 saturated carbocycles. The number of nitrogens with zero attached hydrogens (tertiary/aromatic N) is 6. The molecule has 0 unspecified atom stereocenters. The van der Waals surface area contributed by atoms with Gasteiger partial charge in [0.15, 0.2) is 0 Å². The van der Waals surface area contributed by atoms with Crippen molar-refractivity contribution in [2.75, 3.05) is 37.4 Å². The lowest BCUT2D eigenvalue weighted by Gasteiger charge is -2.23. The molecule has 1 aliphatic carbocycles. The van der Waals surface area contributed by atoms with Crippen molar-refractivity contribution in [1.82, 2.24) is 24.6 Å². The smallest absolute Gasteiger partial charge is 0.274 e. The molecule has 1 aliphatic rings. The summed E-state index contributed by atoms with van der Waals surface area (Å²) < 4.78 is 1.61. The van der Waals surface area contributed by atoms with Crippen LogP contribution in [0.3, 0.4) is 0 Å². The number of rotatable bonds is 9. The minimum Gasteiger partial charge on any atom is -0.356 e. The quantitative estimate of drug-likeness (QED) is 0.555. The summed E-state index contributed by atoms with van der Waals surface area (Å²) in [4.78, 5) is 37.1. The van der Waals surface area contributed by atoms with E-state index in [1.807, 2.05) is 12.1 Å². The third-order valence-electron chi connectivity index (χ3n) is 5.48. The number of nitrogens with one attached hydrogen (secondary N) is 1. The second-order valence-electron chi connectivity index (χ2n) is 8.49. The molecular formula is C23H29N7O2. The largest absolute Gasteiger partial charge is 0.356 e. The number of carbonyl (C=O) groups is 2. The van der Waals surface area contributed by atoms with Crippen LogP contribution in [0.2, 0.25) is 0 Å². The average molecular weight is 436 g/mol. The molecule has 9 heteroatoms. The highest BCUT2D eigenvalue weighted by Gasteiger charge is 2.25. The van der Waals surface area contributed by atoms with Crippen LogP contribution in [0.5, 0.6) is 0 Å². The van der Waals surface area contributed by atoms with E-state index in [0.29, 0.717) is 11.4 Å². The summed E-state index contributed by atoms with van der Waals surface area (Å²) in [6, 6.07) is 7.22. The van der Waals surface area contributed by atoms with Crippen molar-refractivity contribution in [1.29, 1.82) is 0 Å². The Morgan fingerprint density at radius 3 is 2.72 bits per heavy atom. The van der Waals surface area contributed by atoms with Gasteiger partial charge in [0.1, 0.15) is 24.4 Å². The van der Waals surface area contributed by atoms with E-state index in [0.717, 1.165) is 42.1 Å². The van der Waals surface area contributed by atoms with Crippen LogP contribution in [-0.4, -0.2) is 63.6 Å². The standard InChI is InChI=1S/C23H29N7O2/c1-4-9-29(12-16-5-6-16)21-11-20(24-15-25-21)23(32)26-18-7-8-19-17(10-18)13-30(27-19)14-22(31)28(2)3/h7-8,10-11,13,15-16H,4-6,9,12,14H2,1-3H3,(H,26,32). The summed E-state index contributed by atoms with van der Waals surface area (Å²) in [6.07, 6.45) is 6.80. The van der Waals surface area contributed by atoms with E-state index in [9.17, 15) is 9.59 Å². The molecule has 3 aromatic rings. The molecule has 168 valence electrons. The molecule has 2 aromatic heterocycles. The highest BCUT2D eigenvalue weighted by molar-refractivity contribution is 6.04. The minimum atomic E-state index is -0.286. The lowest BCUT2D eigenvalue weighted by Crippen LogP contribution is -2.28. The summed E-state index contributed by atoms with van der Waals surface area (Å²) in [5.41, 5.74) is 1.73. The Morgan fingerprint density at radius 1 is 1.19 bits per heavy atom. The van der Waals surface area contributed by atoms with Gasteiger partial charge in [-0.1, -0.05) is 6.92 Å². The summed E-state index contributed by atoms with van der Waals surface area (Å²) in [7, 11) is 3.43. The van der Waals surface area contributed by atoms with Gasteiger partial charge in [-0.05, 0) is 43.4 Å². The van der Waals surface area contributed by atoms with Crippen LogP contribution in [0, 0.1) is 5.92 Å².